The molecular formula is C21H24N4O4. The largest absolute Gasteiger partial charge is 0.329 e. The number of amides is 4. The van der Waals surface area contributed by atoms with E-state index in [1.165, 1.54) is 6.42 Å². The Labute approximate surface area is 168 Å². The Balaban J connectivity index is 1.39. The van der Waals surface area contributed by atoms with E-state index in [1.807, 2.05) is 6.07 Å². The van der Waals surface area contributed by atoms with Crippen LogP contribution >= 0.6 is 0 Å². The summed E-state index contributed by atoms with van der Waals surface area (Å²) in [5, 5.41) is 2.22. The molecule has 4 aliphatic rings. The van der Waals surface area contributed by atoms with Crippen molar-refractivity contribution in [1.29, 1.82) is 0 Å². The summed E-state index contributed by atoms with van der Waals surface area (Å²) < 4.78 is 0. The number of fused-ring (bicyclic) bond motifs is 3. The van der Waals surface area contributed by atoms with Crippen LogP contribution in [0, 0.1) is 5.92 Å². The van der Waals surface area contributed by atoms with Crippen LogP contribution in [0.1, 0.15) is 58.4 Å². The molecule has 1 aliphatic carbocycles. The summed E-state index contributed by atoms with van der Waals surface area (Å²) in [5.74, 6) is -1.20. The standard InChI is InChI=1S/C21H24N4O4/c22-11-21-6-5-13(8-21)10-24(21)9-12-1-2-14-15(7-12)20(29)25(19(14)28)16-3-4-17(26)23-18(16)27/h1-2,7,13,16H,3-6,8-11,22H2,(H,23,26,27). The fraction of sp³-hybridized carbons (Fsp3) is 0.524. The molecule has 5 rings (SSSR count). The normalized spacial score (nSPS) is 31.6. The number of nitrogens with two attached hydrogens (primary N) is 1. The van der Waals surface area contributed by atoms with E-state index in [9.17, 15) is 19.2 Å². The molecule has 3 unspecified atom stereocenters. The number of piperidine rings is 2. The van der Waals surface area contributed by atoms with E-state index in [0.29, 0.717) is 30.1 Å². The summed E-state index contributed by atoms with van der Waals surface area (Å²) >= 11 is 0. The predicted octanol–water partition coefficient (Wildman–Crippen LogP) is 0.401. The number of imide groups is 2. The molecule has 152 valence electrons. The zero-order valence-corrected chi connectivity index (χ0v) is 16.1. The van der Waals surface area contributed by atoms with Gasteiger partial charge in [-0.2, -0.15) is 0 Å². The maximum atomic E-state index is 13.0. The molecule has 1 saturated carbocycles. The molecule has 2 bridgehead atoms. The van der Waals surface area contributed by atoms with E-state index in [1.54, 1.807) is 12.1 Å². The molecule has 29 heavy (non-hydrogen) atoms. The Bertz CT molecular complexity index is 945. The number of rotatable bonds is 4. The molecule has 8 nitrogen and oxygen atoms in total. The number of hydrogen-bond acceptors (Lipinski definition) is 6. The average molecular weight is 396 g/mol. The highest BCUT2D eigenvalue weighted by atomic mass is 16.2. The van der Waals surface area contributed by atoms with Gasteiger partial charge in [0.2, 0.25) is 11.8 Å². The van der Waals surface area contributed by atoms with Crippen LogP contribution in [0.15, 0.2) is 18.2 Å². The third-order valence-corrected chi connectivity index (χ3v) is 7.09. The molecule has 3 N–H and O–H groups in total. The highest BCUT2D eigenvalue weighted by Gasteiger charge is 2.49. The maximum Gasteiger partial charge on any atom is 0.262 e. The molecule has 3 heterocycles. The van der Waals surface area contributed by atoms with Gasteiger partial charge in [-0.3, -0.25) is 34.3 Å². The van der Waals surface area contributed by atoms with Crippen molar-refractivity contribution >= 4 is 23.6 Å². The van der Waals surface area contributed by atoms with Crippen molar-refractivity contribution in [3.05, 3.63) is 34.9 Å². The number of nitrogens with one attached hydrogen (secondary N) is 1. The number of nitrogens with zero attached hydrogens (tertiary/aromatic N) is 2. The van der Waals surface area contributed by atoms with Gasteiger partial charge in [0.25, 0.3) is 11.8 Å². The van der Waals surface area contributed by atoms with Crippen LogP contribution in [-0.4, -0.2) is 58.1 Å². The quantitative estimate of drug-likeness (QED) is 0.713. The van der Waals surface area contributed by atoms with Gasteiger partial charge in [-0.1, -0.05) is 6.07 Å². The lowest BCUT2D eigenvalue weighted by molar-refractivity contribution is -0.136. The van der Waals surface area contributed by atoms with Gasteiger partial charge in [0.15, 0.2) is 0 Å². The molecule has 3 fully saturated rings. The molecule has 2 saturated heterocycles. The lowest BCUT2D eigenvalue weighted by atomic mass is 9.96. The minimum absolute atomic E-state index is 0.0578. The van der Waals surface area contributed by atoms with Crippen LogP contribution in [0.4, 0.5) is 0 Å². The minimum atomic E-state index is -0.932. The van der Waals surface area contributed by atoms with Gasteiger partial charge in [0.1, 0.15) is 6.04 Å². The number of carbonyl (C=O) groups excluding carboxylic acids is 4. The third-order valence-electron chi connectivity index (χ3n) is 7.09. The van der Waals surface area contributed by atoms with Gasteiger partial charge in [0.05, 0.1) is 11.1 Å². The SMILES string of the molecule is NCC12CCC(CN1Cc1ccc3c(c1)C(=O)N(C1CCC(=O)NC1=O)C3=O)C2. The first-order valence-corrected chi connectivity index (χ1v) is 10.2. The summed E-state index contributed by atoms with van der Waals surface area (Å²) in [5.41, 5.74) is 7.78. The van der Waals surface area contributed by atoms with Crippen molar-refractivity contribution in [2.45, 2.75) is 50.2 Å². The Morgan fingerprint density at radius 2 is 1.90 bits per heavy atom. The lowest BCUT2D eigenvalue weighted by Gasteiger charge is -2.38. The van der Waals surface area contributed by atoms with Crippen LogP contribution in [0.25, 0.3) is 0 Å². The van der Waals surface area contributed by atoms with Crippen molar-refractivity contribution in [3.63, 3.8) is 0 Å². The van der Waals surface area contributed by atoms with Gasteiger partial charge in [-0.05, 0) is 49.3 Å². The van der Waals surface area contributed by atoms with Gasteiger partial charge >= 0.3 is 0 Å². The Hall–Kier alpha value is -2.58. The topological polar surface area (TPSA) is 113 Å². The van der Waals surface area contributed by atoms with Gasteiger partial charge in [-0.15, -0.1) is 0 Å². The van der Waals surface area contributed by atoms with Gasteiger partial charge in [0, 0.05) is 31.6 Å². The second kappa shape index (κ2) is 6.47. The van der Waals surface area contributed by atoms with Crippen molar-refractivity contribution in [3.8, 4) is 0 Å². The molecule has 0 spiro atoms. The maximum absolute atomic E-state index is 13.0. The summed E-state index contributed by atoms with van der Waals surface area (Å²) in [6, 6.07) is 4.41. The summed E-state index contributed by atoms with van der Waals surface area (Å²) in [7, 11) is 0. The molecule has 1 aromatic rings. The number of hydrogen-bond donors (Lipinski definition) is 2. The Morgan fingerprint density at radius 1 is 1.10 bits per heavy atom. The second-order valence-corrected chi connectivity index (χ2v) is 8.74. The lowest BCUT2D eigenvalue weighted by Crippen LogP contribution is -2.54. The number of benzene rings is 1. The summed E-state index contributed by atoms with van der Waals surface area (Å²) in [4.78, 5) is 52.8. The molecule has 1 aromatic carbocycles. The van der Waals surface area contributed by atoms with E-state index in [-0.39, 0.29) is 24.3 Å². The predicted molar refractivity (Wildman–Crippen MR) is 103 cm³/mol. The van der Waals surface area contributed by atoms with Gasteiger partial charge in [-0.25, -0.2) is 0 Å². The summed E-state index contributed by atoms with van der Waals surface area (Å²) in [6.45, 7) is 2.35. The van der Waals surface area contributed by atoms with E-state index in [0.717, 1.165) is 29.8 Å². The second-order valence-electron chi connectivity index (χ2n) is 8.74. The monoisotopic (exact) mass is 396 g/mol. The van der Waals surface area contributed by atoms with Crippen molar-refractivity contribution in [2.24, 2.45) is 11.7 Å². The Morgan fingerprint density at radius 3 is 2.62 bits per heavy atom. The van der Waals surface area contributed by atoms with Crippen LogP contribution in [0.5, 0.6) is 0 Å². The van der Waals surface area contributed by atoms with E-state index in [4.69, 9.17) is 5.73 Å². The molecule has 0 radical (unpaired) electrons. The van der Waals surface area contributed by atoms with Crippen LogP contribution < -0.4 is 11.1 Å². The zero-order valence-electron chi connectivity index (χ0n) is 16.1. The first kappa shape index (κ1) is 18.4. The smallest absolute Gasteiger partial charge is 0.262 e. The van der Waals surface area contributed by atoms with E-state index in [2.05, 4.69) is 10.2 Å². The first-order valence-electron chi connectivity index (χ1n) is 10.2. The first-order chi connectivity index (χ1) is 13.9. The van der Waals surface area contributed by atoms with Crippen molar-refractivity contribution in [2.75, 3.05) is 13.1 Å². The van der Waals surface area contributed by atoms with Crippen LogP contribution in [-0.2, 0) is 16.1 Å². The van der Waals surface area contributed by atoms with Crippen LogP contribution in [0.2, 0.25) is 0 Å². The fourth-order valence-corrected chi connectivity index (χ4v) is 5.55. The van der Waals surface area contributed by atoms with E-state index < -0.39 is 23.8 Å². The van der Waals surface area contributed by atoms with Crippen molar-refractivity contribution in [1.82, 2.24) is 15.1 Å². The molecular weight excluding hydrogens is 372 g/mol. The highest BCUT2D eigenvalue weighted by molar-refractivity contribution is 6.23. The zero-order chi connectivity index (χ0) is 20.3. The molecule has 8 heteroatoms. The number of likely N-dealkylation sites (tertiary alicyclic amines) is 1. The summed E-state index contributed by atoms with van der Waals surface area (Å²) in [6.07, 6.45) is 3.75. The average Bonchev–Trinajstić information content (AvgIpc) is 3.34. The van der Waals surface area contributed by atoms with Gasteiger partial charge < -0.3 is 5.73 Å². The minimum Gasteiger partial charge on any atom is -0.329 e. The molecule has 4 amide bonds. The number of carbonyl (C=O) groups is 4. The fourth-order valence-electron chi connectivity index (χ4n) is 5.55. The molecule has 3 aliphatic heterocycles. The molecule has 0 aromatic heterocycles. The Kier molecular flexibility index (Phi) is 4.11. The third kappa shape index (κ3) is 2.73. The van der Waals surface area contributed by atoms with E-state index >= 15 is 0 Å². The molecule has 3 atom stereocenters. The van der Waals surface area contributed by atoms with Crippen LogP contribution in [0.3, 0.4) is 0 Å². The van der Waals surface area contributed by atoms with Crippen molar-refractivity contribution < 1.29 is 19.2 Å². The highest BCUT2D eigenvalue weighted by Crippen LogP contribution is 2.46.